The summed E-state index contributed by atoms with van der Waals surface area (Å²) in [4.78, 5) is 18.6. The van der Waals surface area contributed by atoms with Gasteiger partial charge in [-0.1, -0.05) is 36.3 Å². The fourth-order valence-electron chi connectivity index (χ4n) is 2.10. The number of rotatable bonds is 5. The van der Waals surface area contributed by atoms with Gasteiger partial charge in [0.25, 0.3) is 5.71 Å². The monoisotopic (exact) mass is 299 g/mol. The average molecular weight is 299 g/mol. The number of aryl methyl sites for hydroxylation is 1. The topological polar surface area (TPSA) is 98.3 Å². The summed E-state index contributed by atoms with van der Waals surface area (Å²) in [6.45, 7) is 1.58. The Bertz CT molecular complexity index is 811. The molecule has 0 fully saturated rings. The highest BCUT2D eigenvalue weighted by atomic mass is 16.5. The Labute approximate surface area is 125 Å². The van der Waals surface area contributed by atoms with Crippen molar-refractivity contribution in [2.45, 2.75) is 13.3 Å². The quantitative estimate of drug-likeness (QED) is 0.771. The minimum absolute atomic E-state index is 0.142. The van der Waals surface area contributed by atoms with Gasteiger partial charge in [0.2, 0.25) is 5.88 Å². The summed E-state index contributed by atoms with van der Waals surface area (Å²) in [7, 11) is 0. The minimum atomic E-state index is -1.09. The van der Waals surface area contributed by atoms with Crippen LogP contribution in [0.4, 0.5) is 0 Å². The third-order valence-corrected chi connectivity index (χ3v) is 3.21. The number of carboxylic acid groups (broad SMARTS) is 1. The number of carbonyl (C=O) groups is 1. The van der Waals surface area contributed by atoms with Crippen molar-refractivity contribution < 1.29 is 19.2 Å². The van der Waals surface area contributed by atoms with Crippen LogP contribution in [0.2, 0.25) is 0 Å². The Morgan fingerprint density at radius 1 is 1.27 bits per heavy atom. The number of aromatic nitrogens is 3. The molecule has 1 N–H and O–H groups in total. The van der Waals surface area contributed by atoms with Crippen LogP contribution >= 0.6 is 0 Å². The van der Waals surface area contributed by atoms with E-state index in [-0.39, 0.29) is 11.6 Å². The van der Waals surface area contributed by atoms with Gasteiger partial charge < -0.3 is 14.4 Å². The number of ether oxygens (including phenoxy) is 1. The molecule has 0 aliphatic heterocycles. The summed E-state index contributed by atoms with van der Waals surface area (Å²) in [5.74, 6) is -0.944. The van der Waals surface area contributed by atoms with Crippen LogP contribution < -0.4 is 4.74 Å². The molecule has 2 heterocycles. The molecular weight excluding hydrogens is 286 g/mol. The first-order chi connectivity index (χ1) is 10.7. The third kappa shape index (κ3) is 2.60. The van der Waals surface area contributed by atoms with Crippen LogP contribution in [0.3, 0.4) is 0 Å². The van der Waals surface area contributed by atoms with E-state index in [9.17, 15) is 4.79 Å². The molecule has 0 aliphatic rings. The van der Waals surface area contributed by atoms with Gasteiger partial charge in [-0.05, 0) is 12.0 Å². The van der Waals surface area contributed by atoms with E-state index in [1.807, 2.05) is 24.3 Å². The minimum Gasteiger partial charge on any atom is -0.479 e. The van der Waals surface area contributed by atoms with Crippen LogP contribution in [0.5, 0.6) is 5.88 Å². The lowest BCUT2D eigenvalue weighted by Gasteiger charge is -2.04. The van der Waals surface area contributed by atoms with Crippen molar-refractivity contribution in [1.29, 1.82) is 0 Å². The van der Waals surface area contributed by atoms with Gasteiger partial charge in [-0.25, -0.2) is 9.78 Å². The van der Waals surface area contributed by atoms with Crippen LogP contribution in [-0.4, -0.2) is 32.8 Å². The molecule has 0 atom stereocenters. The van der Waals surface area contributed by atoms with Gasteiger partial charge in [0.1, 0.15) is 17.4 Å². The first-order valence-electron chi connectivity index (χ1n) is 6.73. The van der Waals surface area contributed by atoms with E-state index in [0.29, 0.717) is 11.1 Å². The molecular formula is C15H13N3O4. The van der Waals surface area contributed by atoms with Crippen molar-refractivity contribution in [3.63, 3.8) is 0 Å². The number of carboxylic acids is 1. The van der Waals surface area contributed by atoms with E-state index in [1.54, 1.807) is 0 Å². The average Bonchev–Trinajstić information content (AvgIpc) is 2.97. The zero-order valence-corrected chi connectivity index (χ0v) is 11.8. The molecule has 22 heavy (non-hydrogen) atoms. The Morgan fingerprint density at radius 3 is 2.73 bits per heavy atom. The van der Waals surface area contributed by atoms with Crippen molar-refractivity contribution in [2.24, 2.45) is 0 Å². The second-order valence-corrected chi connectivity index (χ2v) is 4.62. The van der Waals surface area contributed by atoms with E-state index in [4.69, 9.17) is 14.4 Å². The molecule has 0 aliphatic carbocycles. The second kappa shape index (κ2) is 5.80. The van der Waals surface area contributed by atoms with E-state index in [0.717, 1.165) is 12.0 Å². The largest absolute Gasteiger partial charge is 0.479 e. The molecule has 0 bridgehead atoms. The fourth-order valence-corrected chi connectivity index (χ4v) is 2.10. The van der Waals surface area contributed by atoms with Crippen molar-refractivity contribution in [2.75, 3.05) is 6.61 Å². The predicted octanol–water partition coefficient (Wildman–Crippen LogP) is 2.31. The Morgan fingerprint density at radius 2 is 2.05 bits per heavy atom. The number of benzene rings is 1. The van der Waals surface area contributed by atoms with Gasteiger partial charge in [0.15, 0.2) is 6.61 Å². The molecule has 0 spiro atoms. The van der Waals surface area contributed by atoms with Crippen molar-refractivity contribution >= 4 is 17.1 Å². The SMILES string of the molecule is CCc1ccc(-c2noc3ncnc(OCC(=O)O)c23)cc1. The molecule has 1 aromatic carbocycles. The summed E-state index contributed by atoms with van der Waals surface area (Å²) in [5.41, 5.74) is 2.81. The molecule has 3 rings (SSSR count). The third-order valence-electron chi connectivity index (χ3n) is 3.21. The van der Waals surface area contributed by atoms with Gasteiger partial charge in [-0.3, -0.25) is 0 Å². The molecule has 0 unspecified atom stereocenters. The van der Waals surface area contributed by atoms with Crippen LogP contribution in [0.25, 0.3) is 22.4 Å². The van der Waals surface area contributed by atoms with Crippen LogP contribution in [-0.2, 0) is 11.2 Å². The zero-order valence-electron chi connectivity index (χ0n) is 11.8. The molecule has 0 saturated heterocycles. The van der Waals surface area contributed by atoms with Crippen molar-refractivity contribution in [3.05, 3.63) is 36.2 Å². The molecule has 112 valence electrons. The first-order valence-corrected chi connectivity index (χ1v) is 6.73. The number of nitrogens with zero attached hydrogens (tertiary/aromatic N) is 3. The fraction of sp³-hybridized carbons (Fsp3) is 0.200. The number of fused-ring (bicyclic) bond motifs is 1. The summed E-state index contributed by atoms with van der Waals surface area (Å²) in [5, 5.41) is 13.2. The Hall–Kier alpha value is -2.96. The number of aliphatic carboxylic acids is 1. The summed E-state index contributed by atoms with van der Waals surface area (Å²) >= 11 is 0. The highest BCUT2D eigenvalue weighted by molar-refractivity contribution is 5.93. The molecule has 2 aromatic heterocycles. The highest BCUT2D eigenvalue weighted by Crippen LogP contribution is 2.32. The molecule has 7 heteroatoms. The summed E-state index contributed by atoms with van der Waals surface area (Å²) in [6, 6.07) is 7.84. The normalized spacial score (nSPS) is 10.8. The summed E-state index contributed by atoms with van der Waals surface area (Å²) in [6.07, 6.45) is 2.19. The standard InChI is InChI=1S/C15H13N3O4/c1-2-9-3-5-10(6-4-9)13-12-14(21-7-11(19)20)16-8-17-15(12)22-18-13/h3-6,8H,2,7H2,1H3,(H,19,20). The van der Waals surface area contributed by atoms with Crippen LogP contribution in [0, 0.1) is 0 Å². The Balaban J connectivity index is 2.07. The van der Waals surface area contributed by atoms with Gasteiger partial charge in [-0.15, -0.1) is 0 Å². The molecule has 7 nitrogen and oxygen atoms in total. The van der Waals surface area contributed by atoms with Crippen LogP contribution in [0.1, 0.15) is 12.5 Å². The van der Waals surface area contributed by atoms with Gasteiger partial charge in [0.05, 0.1) is 0 Å². The molecule has 0 radical (unpaired) electrons. The second-order valence-electron chi connectivity index (χ2n) is 4.62. The number of hydrogen-bond donors (Lipinski definition) is 1. The Kier molecular flexibility index (Phi) is 3.69. The molecule has 0 saturated carbocycles. The van der Waals surface area contributed by atoms with E-state index < -0.39 is 12.6 Å². The lowest BCUT2D eigenvalue weighted by Crippen LogP contribution is -2.10. The van der Waals surface area contributed by atoms with Gasteiger partial charge in [-0.2, -0.15) is 4.98 Å². The maximum absolute atomic E-state index is 10.7. The van der Waals surface area contributed by atoms with E-state index in [2.05, 4.69) is 22.0 Å². The summed E-state index contributed by atoms with van der Waals surface area (Å²) < 4.78 is 10.4. The smallest absolute Gasteiger partial charge is 0.341 e. The van der Waals surface area contributed by atoms with E-state index in [1.165, 1.54) is 11.9 Å². The lowest BCUT2D eigenvalue weighted by molar-refractivity contribution is -0.139. The predicted molar refractivity (Wildman–Crippen MR) is 77.5 cm³/mol. The van der Waals surface area contributed by atoms with Crippen molar-refractivity contribution in [3.8, 4) is 17.1 Å². The van der Waals surface area contributed by atoms with Crippen molar-refractivity contribution in [1.82, 2.24) is 15.1 Å². The maximum Gasteiger partial charge on any atom is 0.341 e. The van der Waals surface area contributed by atoms with Gasteiger partial charge >= 0.3 is 5.97 Å². The first kappa shape index (κ1) is 14.0. The van der Waals surface area contributed by atoms with E-state index >= 15 is 0 Å². The zero-order chi connectivity index (χ0) is 15.5. The highest BCUT2D eigenvalue weighted by Gasteiger charge is 2.18. The van der Waals surface area contributed by atoms with Crippen LogP contribution in [0.15, 0.2) is 35.1 Å². The van der Waals surface area contributed by atoms with Gasteiger partial charge in [0, 0.05) is 5.56 Å². The maximum atomic E-state index is 10.7. The molecule has 0 amide bonds. The number of hydrogen-bond acceptors (Lipinski definition) is 6. The molecule has 3 aromatic rings. The lowest BCUT2D eigenvalue weighted by atomic mass is 10.1.